The molecule has 0 radical (unpaired) electrons. The average molecular weight is 546 g/mol. The predicted molar refractivity (Wildman–Crippen MR) is 128 cm³/mol. The number of aromatic nitrogens is 3. The molecule has 6 rings (SSSR count). The van der Waals surface area contributed by atoms with Gasteiger partial charge < -0.3 is 23.7 Å². The topological polar surface area (TPSA) is 93.9 Å². The van der Waals surface area contributed by atoms with Gasteiger partial charge in [-0.3, -0.25) is 0 Å². The van der Waals surface area contributed by atoms with Gasteiger partial charge in [-0.15, -0.1) is 5.10 Å². The third kappa shape index (κ3) is 4.71. The van der Waals surface area contributed by atoms with E-state index in [1.54, 1.807) is 44.2 Å². The normalized spacial score (nSPS) is 29.8. The molecular formula is C27H26F3N3O6. The van der Waals surface area contributed by atoms with E-state index in [0.29, 0.717) is 25.0 Å². The Labute approximate surface area is 221 Å². The summed E-state index contributed by atoms with van der Waals surface area (Å²) >= 11 is 0. The SMILES string of the molecule is CC1(C)OC[C@H]2O[C@@]3(CCCO3)[C@@H](OC(=O)c3ccccc3)[C@@H](n3cc(-c4cc(F)c(F)c(F)c4)nn3)[C@H]2O1. The highest BCUT2D eigenvalue weighted by Crippen LogP contribution is 2.48. The van der Waals surface area contributed by atoms with Crippen LogP contribution < -0.4 is 0 Å². The summed E-state index contributed by atoms with van der Waals surface area (Å²) in [5.41, 5.74) is 0.395. The second-order valence-electron chi connectivity index (χ2n) is 10.2. The van der Waals surface area contributed by atoms with Crippen molar-refractivity contribution in [1.29, 1.82) is 0 Å². The molecule has 5 atom stereocenters. The second-order valence-corrected chi connectivity index (χ2v) is 10.2. The van der Waals surface area contributed by atoms with Crippen molar-refractivity contribution in [2.45, 2.75) is 62.6 Å². The lowest BCUT2D eigenvalue weighted by Gasteiger charge is -2.53. The molecule has 0 N–H and O–H groups in total. The number of hydrogen-bond donors (Lipinski definition) is 0. The first-order chi connectivity index (χ1) is 18.7. The van der Waals surface area contributed by atoms with Crippen molar-refractivity contribution < 1.29 is 41.7 Å². The highest BCUT2D eigenvalue weighted by Gasteiger charge is 2.62. The van der Waals surface area contributed by atoms with Crippen LogP contribution in [0.1, 0.15) is 43.1 Å². The van der Waals surface area contributed by atoms with Gasteiger partial charge in [0.15, 0.2) is 29.3 Å². The monoisotopic (exact) mass is 545 g/mol. The van der Waals surface area contributed by atoms with E-state index in [-0.39, 0.29) is 17.9 Å². The molecule has 0 amide bonds. The molecule has 0 unspecified atom stereocenters. The minimum Gasteiger partial charge on any atom is -0.451 e. The molecule has 2 aromatic carbocycles. The second kappa shape index (κ2) is 9.70. The van der Waals surface area contributed by atoms with Crippen LogP contribution in [-0.2, 0) is 23.7 Å². The Morgan fingerprint density at radius 3 is 2.51 bits per heavy atom. The third-order valence-electron chi connectivity index (χ3n) is 7.17. The van der Waals surface area contributed by atoms with Gasteiger partial charge in [0.05, 0.1) is 25.0 Å². The van der Waals surface area contributed by atoms with E-state index in [4.69, 9.17) is 23.7 Å². The van der Waals surface area contributed by atoms with Crippen LogP contribution in [0.5, 0.6) is 0 Å². The summed E-state index contributed by atoms with van der Waals surface area (Å²) in [6.07, 6.45) is 0.150. The Kier molecular flexibility index (Phi) is 6.45. The summed E-state index contributed by atoms with van der Waals surface area (Å²) in [4.78, 5) is 13.3. The van der Waals surface area contributed by atoms with Crippen LogP contribution in [0.2, 0.25) is 0 Å². The lowest BCUT2D eigenvalue weighted by molar-refractivity contribution is -0.398. The molecule has 3 aromatic rings. The summed E-state index contributed by atoms with van der Waals surface area (Å²) in [5, 5.41) is 8.31. The summed E-state index contributed by atoms with van der Waals surface area (Å²) in [6.45, 7) is 4.05. The predicted octanol–water partition coefficient (Wildman–Crippen LogP) is 4.19. The molecule has 4 heterocycles. The van der Waals surface area contributed by atoms with Crippen molar-refractivity contribution in [3.8, 4) is 11.3 Å². The van der Waals surface area contributed by atoms with Crippen molar-refractivity contribution in [1.82, 2.24) is 15.0 Å². The van der Waals surface area contributed by atoms with E-state index < -0.39 is 59.3 Å². The van der Waals surface area contributed by atoms with Gasteiger partial charge in [0, 0.05) is 12.0 Å². The highest BCUT2D eigenvalue weighted by atomic mass is 19.2. The van der Waals surface area contributed by atoms with E-state index in [9.17, 15) is 18.0 Å². The van der Waals surface area contributed by atoms with E-state index >= 15 is 0 Å². The molecule has 3 saturated heterocycles. The maximum Gasteiger partial charge on any atom is 0.338 e. The van der Waals surface area contributed by atoms with Gasteiger partial charge in [0.1, 0.15) is 23.9 Å². The minimum atomic E-state index is -1.58. The first-order valence-electron chi connectivity index (χ1n) is 12.6. The quantitative estimate of drug-likeness (QED) is 0.356. The fraction of sp³-hybridized carbons (Fsp3) is 0.444. The summed E-state index contributed by atoms with van der Waals surface area (Å²) in [5.74, 6) is -7.20. The Hall–Kier alpha value is -3.32. The third-order valence-corrected chi connectivity index (χ3v) is 7.17. The molecule has 1 spiro atoms. The van der Waals surface area contributed by atoms with Crippen LogP contribution in [0.3, 0.4) is 0 Å². The maximum absolute atomic E-state index is 14.0. The molecular weight excluding hydrogens is 519 g/mol. The molecule has 39 heavy (non-hydrogen) atoms. The van der Waals surface area contributed by atoms with Crippen LogP contribution in [0.25, 0.3) is 11.3 Å². The Morgan fingerprint density at radius 1 is 1.08 bits per heavy atom. The molecule has 0 aliphatic carbocycles. The molecule has 12 heteroatoms. The van der Waals surface area contributed by atoms with Gasteiger partial charge in [-0.05, 0) is 44.5 Å². The van der Waals surface area contributed by atoms with Crippen LogP contribution in [0.4, 0.5) is 13.2 Å². The number of rotatable bonds is 4. The number of carbonyl (C=O) groups excluding carboxylic acids is 1. The van der Waals surface area contributed by atoms with Gasteiger partial charge in [0.25, 0.3) is 0 Å². The fourth-order valence-corrected chi connectivity index (χ4v) is 5.38. The van der Waals surface area contributed by atoms with Crippen molar-refractivity contribution in [3.63, 3.8) is 0 Å². The van der Waals surface area contributed by atoms with Crippen molar-refractivity contribution >= 4 is 5.97 Å². The van der Waals surface area contributed by atoms with E-state index in [0.717, 1.165) is 12.1 Å². The summed E-state index contributed by atoms with van der Waals surface area (Å²) < 4.78 is 73.7. The zero-order chi connectivity index (χ0) is 27.4. The first kappa shape index (κ1) is 25.9. The maximum atomic E-state index is 14.0. The Morgan fingerprint density at radius 2 is 1.82 bits per heavy atom. The zero-order valence-corrected chi connectivity index (χ0v) is 21.2. The fourth-order valence-electron chi connectivity index (χ4n) is 5.38. The van der Waals surface area contributed by atoms with Gasteiger partial charge in [0.2, 0.25) is 5.79 Å². The molecule has 3 fully saturated rings. The molecule has 9 nitrogen and oxygen atoms in total. The van der Waals surface area contributed by atoms with Crippen LogP contribution in [0.15, 0.2) is 48.7 Å². The van der Waals surface area contributed by atoms with E-state index in [1.807, 2.05) is 0 Å². The van der Waals surface area contributed by atoms with Crippen LogP contribution >= 0.6 is 0 Å². The van der Waals surface area contributed by atoms with E-state index in [2.05, 4.69) is 10.3 Å². The van der Waals surface area contributed by atoms with Gasteiger partial charge in [-0.25, -0.2) is 22.6 Å². The zero-order valence-electron chi connectivity index (χ0n) is 21.2. The molecule has 3 aliphatic rings. The average Bonchev–Trinajstić information content (AvgIpc) is 3.59. The summed E-state index contributed by atoms with van der Waals surface area (Å²) in [6, 6.07) is 9.33. The van der Waals surface area contributed by atoms with Crippen molar-refractivity contribution in [2.24, 2.45) is 0 Å². The van der Waals surface area contributed by atoms with Gasteiger partial charge in [-0.1, -0.05) is 23.4 Å². The molecule has 0 bridgehead atoms. The van der Waals surface area contributed by atoms with Crippen LogP contribution in [0, 0.1) is 17.5 Å². The number of benzene rings is 2. The van der Waals surface area contributed by atoms with Gasteiger partial charge in [-0.2, -0.15) is 0 Å². The number of hydrogen-bond acceptors (Lipinski definition) is 8. The lowest BCUT2D eigenvalue weighted by Crippen LogP contribution is -2.67. The number of nitrogens with zero attached hydrogens (tertiary/aromatic N) is 3. The molecule has 3 aliphatic heterocycles. The molecule has 1 aromatic heterocycles. The lowest BCUT2D eigenvalue weighted by atomic mass is 9.87. The molecule has 206 valence electrons. The Balaban J connectivity index is 1.44. The standard InChI is InChI=1S/C27H26F3N3O6/c1-26(2)36-14-20-23(39-26)22(33-13-19(31-32-33)16-11-17(28)21(30)18(29)12-16)24(27(38-20)9-6-10-35-27)37-25(34)15-7-4-3-5-8-15/h3-5,7-8,11-13,20,22-24H,6,9-10,14H2,1-2H3/t20-,22+,23+,24+,27+/m1/s1. The minimum absolute atomic E-state index is 0.0147. The number of esters is 1. The largest absolute Gasteiger partial charge is 0.451 e. The summed E-state index contributed by atoms with van der Waals surface area (Å²) in [7, 11) is 0. The van der Waals surface area contributed by atoms with Crippen LogP contribution in [-0.4, -0.2) is 64.1 Å². The number of carbonyl (C=O) groups is 1. The number of fused-ring (bicyclic) bond motifs is 1. The van der Waals surface area contributed by atoms with Crippen molar-refractivity contribution in [3.05, 3.63) is 71.7 Å². The first-order valence-corrected chi connectivity index (χ1v) is 12.6. The molecule has 0 saturated carbocycles. The highest BCUT2D eigenvalue weighted by molar-refractivity contribution is 5.89. The smallest absolute Gasteiger partial charge is 0.338 e. The van der Waals surface area contributed by atoms with Crippen molar-refractivity contribution in [2.75, 3.05) is 13.2 Å². The van der Waals surface area contributed by atoms with E-state index in [1.165, 1.54) is 10.9 Å². The number of halogens is 3. The van der Waals surface area contributed by atoms with Gasteiger partial charge >= 0.3 is 5.97 Å². The number of ether oxygens (including phenoxy) is 5. The Bertz CT molecular complexity index is 1360.